The number of hydrogen-bond acceptors (Lipinski definition) is 2. The zero-order chi connectivity index (χ0) is 14.8. The molecule has 2 rings (SSSR count). The van der Waals surface area contributed by atoms with Gasteiger partial charge >= 0.3 is 5.97 Å². The van der Waals surface area contributed by atoms with Crippen LogP contribution in [0.5, 0.6) is 0 Å². The summed E-state index contributed by atoms with van der Waals surface area (Å²) < 4.78 is 0. The largest absolute Gasteiger partial charge is 0.481 e. The van der Waals surface area contributed by atoms with E-state index in [1.54, 1.807) is 0 Å². The summed E-state index contributed by atoms with van der Waals surface area (Å²) in [4.78, 5) is 23.6. The van der Waals surface area contributed by atoms with Gasteiger partial charge in [0.25, 0.3) is 0 Å². The van der Waals surface area contributed by atoms with E-state index >= 15 is 0 Å². The molecule has 0 spiro atoms. The fourth-order valence-corrected chi connectivity index (χ4v) is 3.59. The van der Waals surface area contributed by atoms with Crippen molar-refractivity contribution >= 4 is 11.9 Å². The first-order chi connectivity index (χ1) is 9.39. The number of carboxylic acids is 1. The molecule has 0 aliphatic heterocycles. The molecule has 0 heterocycles. The second kappa shape index (κ2) is 6.15. The lowest BCUT2D eigenvalue weighted by atomic mass is 9.75. The predicted octanol–water partition coefficient (Wildman–Crippen LogP) is 2.96. The monoisotopic (exact) mass is 281 g/mol. The van der Waals surface area contributed by atoms with Gasteiger partial charge in [-0.05, 0) is 43.9 Å². The van der Waals surface area contributed by atoms with Gasteiger partial charge in [0.15, 0.2) is 0 Å². The van der Waals surface area contributed by atoms with Crippen molar-refractivity contribution in [2.45, 2.75) is 71.3 Å². The van der Waals surface area contributed by atoms with E-state index in [2.05, 4.69) is 19.2 Å². The lowest BCUT2D eigenvalue weighted by Gasteiger charge is -2.36. The molecule has 0 bridgehead atoms. The molecule has 0 aromatic heterocycles. The van der Waals surface area contributed by atoms with E-state index in [0.717, 1.165) is 44.9 Å². The number of carbonyl (C=O) groups excluding carboxylic acids is 1. The number of carboxylic acid groups (broad SMARTS) is 1. The van der Waals surface area contributed by atoms with Gasteiger partial charge in [-0.1, -0.05) is 26.7 Å². The smallest absolute Gasteiger partial charge is 0.307 e. The Morgan fingerprint density at radius 2 is 1.55 bits per heavy atom. The van der Waals surface area contributed by atoms with Crippen LogP contribution in [0.4, 0.5) is 0 Å². The molecule has 2 aliphatic rings. The predicted molar refractivity (Wildman–Crippen MR) is 77.3 cm³/mol. The van der Waals surface area contributed by atoms with Crippen molar-refractivity contribution in [3.63, 3.8) is 0 Å². The summed E-state index contributed by atoms with van der Waals surface area (Å²) >= 11 is 0. The van der Waals surface area contributed by atoms with Crippen LogP contribution in [0.25, 0.3) is 0 Å². The van der Waals surface area contributed by atoms with Gasteiger partial charge in [0, 0.05) is 6.04 Å². The summed E-state index contributed by atoms with van der Waals surface area (Å²) in [5, 5.41) is 12.4. The van der Waals surface area contributed by atoms with Crippen molar-refractivity contribution in [1.82, 2.24) is 5.32 Å². The normalized spacial score (nSPS) is 30.7. The van der Waals surface area contributed by atoms with Crippen LogP contribution >= 0.6 is 0 Å². The topological polar surface area (TPSA) is 66.4 Å². The maximum Gasteiger partial charge on any atom is 0.307 e. The summed E-state index contributed by atoms with van der Waals surface area (Å²) in [5.41, 5.74) is 0.385. The molecule has 2 N–H and O–H groups in total. The molecule has 0 aromatic carbocycles. The molecule has 0 saturated heterocycles. The number of nitrogens with one attached hydrogen (secondary N) is 1. The average Bonchev–Trinajstić information content (AvgIpc) is 2.41. The van der Waals surface area contributed by atoms with Crippen LogP contribution in [-0.4, -0.2) is 23.0 Å². The van der Waals surface area contributed by atoms with E-state index < -0.39 is 11.9 Å². The van der Waals surface area contributed by atoms with Gasteiger partial charge in [-0.15, -0.1) is 0 Å². The molecule has 4 heteroatoms. The number of hydrogen-bond donors (Lipinski definition) is 2. The highest BCUT2D eigenvalue weighted by atomic mass is 16.4. The average molecular weight is 281 g/mol. The molecule has 2 fully saturated rings. The standard InChI is InChI=1S/C16H27NO3/c1-16(2)9-7-11(8-10-16)17-14(18)12-5-3-4-6-13(12)15(19)20/h11-13H,3-10H2,1-2H3,(H,17,18)(H,19,20). The highest BCUT2D eigenvalue weighted by Crippen LogP contribution is 2.36. The van der Waals surface area contributed by atoms with Gasteiger partial charge in [0.05, 0.1) is 11.8 Å². The summed E-state index contributed by atoms with van der Waals surface area (Å²) in [6, 6.07) is 0.242. The highest BCUT2D eigenvalue weighted by molar-refractivity contribution is 5.85. The molecule has 0 aromatic rings. The maximum atomic E-state index is 12.4. The quantitative estimate of drug-likeness (QED) is 0.835. The molecule has 0 radical (unpaired) electrons. The van der Waals surface area contributed by atoms with E-state index in [-0.39, 0.29) is 17.9 Å². The minimum Gasteiger partial charge on any atom is -0.481 e. The minimum atomic E-state index is -0.811. The molecular weight excluding hydrogens is 254 g/mol. The van der Waals surface area contributed by atoms with Crippen molar-refractivity contribution in [2.24, 2.45) is 17.3 Å². The van der Waals surface area contributed by atoms with Crippen LogP contribution < -0.4 is 5.32 Å². The fraction of sp³-hybridized carbons (Fsp3) is 0.875. The van der Waals surface area contributed by atoms with Crippen LogP contribution in [0.15, 0.2) is 0 Å². The third kappa shape index (κ3) is 3.74. The number of amides is 1. The first kappa shape index (κ1) is 15.3. The van der Waals surface area contributed by atoms with Gasteiger partial charge in [-0.3, -0.25) is 9.59 Å². The van der Waals surface area contributed by atoms with Crippen LogP contribution in [0.2, 0.25) is 0 Å². The van der Waals surface area contributed by atoms with Gasteiger partial charge in [0.2, 0.25) is 5.91 Å². The Morgan fingerprint density at radius 3 is 2.10 bits per heavy atom. The summed E-state index contributed by atoms with van der Waals surface area (Å²) in [5.74, 6) is -1.64. The van der Waals surface area contributed by atoms with Crippen molar-refractivity contribution in [1.29, 1.82) is 0 Å². The second-order valence-corrected chi connectivity index (χ2v) is 7.28. The molecular formula is C16H27NO3. The van der Waals surface area contributed by atoms with Crippen LogP contribution in [0, 0.1) is 17.3 Å². The van der Waals surface area contributed by atoms with Gasteiger partial charge in [0.1, 0.15) is 0 Å². The summed E-state index contributed by atoms with van der Waals surface area (Å²) in [6.07, 6.45) is 7.56. The van der Waals surface area contributed by atoms with Crippen LogP contribution in [-0.2, 0) is 9.59 Å². The zero-order valence-corrected chi connectivity index (χ0v) is 12.7. The Balaban J connectivity index is 1.89. The third-order valence-corrected chi connectivity index (χ3v) is 5.11. The molecule has 2 unspecified atom stereocenters. The van der Waals surface area contributed by atoms with Crippen molar-refractivity contribution in [2.75, 3.05) is 0 Å². The van der Waals surface area contributed by atoms with E-state index in [1.807, 2.05) is 0 Å². The molecule has 2 atom stereocenters. The Bertz CT molecular complexity index is 368. The first-order valence-corrected chi connectivity index (χ1v) is 7.92. The fourth-order valence-electron chi connectivity index (χ4n) is 3.59. The van der Waals surface area contributed by atoms with E-state index in [9.17, 15) is 14.7 Å². The first-order valence-electron chi connectivity index (χ1n) is 7.92. The summed E-state index contributed by atoms with van der Waals surface area (Å²) in [6.45, 7) is 4.54. The Kier molecular flexibility index (Phi) is 4.71. The molecule has 20 heavy (non-hydrogen) atoms. The Labute approximate surface area is 121 Å². The summed E-state index contributed by atoms with van der Waals surface area (Å²) in [7, 11) is 0. The lowest BCUT2D eigenvalue weighted by molar-refractivity contribution is -0.149. The van der Waals surface area contributed by atoms with Gasteiger partial charge in [-0.2, -0.15) is 0 Å². The van der Waals surface area contributed by atoms with E-state index in [1.165, 1.54) is 0 Å². The van der Waals surface area contributed by atoms with Crippen molar-refractivity contribution in [3.05, 3.63) is 0 Å². The van der Waals surface area contributed by atoms with E-state index in [4.69, 9.17) is 0 Å². The number of carbonyl (C=O) groups is 2. The van der Waals surface area contributed by atoms with Crippen molar-refractivity contribution < 1.29 is 14.7 Å². The molecule has 1 amide bonds. The zero-order valence-electron chi connectivity index (χ0n) is 12.7. The maximum absolute atomic E-state index is 12.4. The SMILES string of the molecule is CC1(C)CCC(NC(=O)C2CCCCC2C(=O)O)CC1. The van der Waals surface area contributed by atoms with E-state index in [0.29, 0.717) is 11.8 Å². The molecule has 2 aliphatic carbocycles. The second-order valence-electron chi connectivity index (χ2n) is 7.28. The van der Waals surface area contributed by atoms with Crippen LogP contribution in [0.3, 0.4) is 0 Å². The lowest BCUT2D eigenvalue weighted by Crippen LogP contribution is -2.45. The Morgan fingerprint density at radius 1 is 1.00 bits per heavy atom. The molecule has 4 nitrogen and oxygen atoms in total. The number of rotatable bonds is 3. The minimum absolute atomic E-state index is 0.0261. The Hall–Kier alpha value is -1.06. The third-order valence-electron chi connectivity index (χ3n) is 5.11. The molecule has 2 saturated carbocycles. The van der Waals surface area contributed by atoms with Crippen LogP contribution in [0.1, 0.15) is 65.2 Å². The highest BCUT2D eigenvalue weighted by Gasteiger charge is 2.37. The number of aliphatic carboxylic acids is 1. The van der Waals surface area contributed by atoms with Gasteiger partial charge in [-0.25, -0.2) is 0 Å². The van der Waals surface area contributed by atoms with Gasteiger partial charge < -0.3 is 10.4 Å². The van der Waals surface area contributed by atoms with Crippen molar-refractivity contribution in [3.8, 4) is 0 Å². The molecule has 114 valence electrons.